The van der Waals surface area contributed by atoms with Crippen LogP contribution in [0.5, 0.6) is 0 Å². The van der Waals surface area contributed by atoms with Crippen LogP contribution < -0.4 is 5.32 Å². The molecule has 0 aliphatic heterocycles. The van der Waals surface area contributed by atoms with Gasteiger partial charge in [0.15, 0.2) is 0 Å². The molecule has 0 saturated carbocycles. The maximum absolute atomic E-state index is 4.14. The van der Waals surface area contributed by atoms with E-state index in [1.54, 1.807) is 6.33 Å². The molecule has 0 radical (unpaired) electrons. The summed E-state index contributed by atoms with van der Waals surface area (Å²) in [7, 11) is 0. The van der Waals surface area contributed by atoms with Crippen LogP contribution in [0.3, 0.4) is 0 Å². The summed E-state index contributed by atoms with van der Waals surface area (Å²) in [5.41, 5.74) is 5.20. The predicted octanol–water partition coefficient (Wildman–Crippen LogP) is 3.38. The van der Waals surface area contributed by atoms with E-state index in [0.29, 0.717) is 0 Å². The number of nitrogens with zero attached hydrogens (tertiary/aromatic N) is 2. The summed E-state index contributed by atoms with van der Waals surface area (Å²) in [5, 5.41) is 3.60. The van der Waals surface area contributed by atoms with Crippen LogP contribution in [0.25, 0.3) is 0 Å². The number of aromatic nitrogens is 2. The second-order valence-electron chi connectivity index (χ2n) is 5.31. The van der Waals surface area contributed by atoms with E-state index in [4.69, 9.17) is 0 Å². The van der Waals surface area contributed by atoms with Gasteiger partial charge in [0, 0.05) is 24.0 Å². The van der Waals surface area contributed by atoms with Crippen molar-refractivity contribution in [3.8, 4) is 0 Å². The molecule has 0 fully saturated rings. The maximum Gasteiger partial charge on any atom is 0.115 e. The van der Waals surface area contributed by atoms with E-state index < -0.39 is 0 Å². The molecule has 3 nitrogen and oxygen atoms in total. The van der Waals surface area contributed by atoms with Crippen LogP contribution in [0.15, 0.2) is 36.9 Å². The van der Waals surface area contributed by atoms with Crippen molar-refractivity contribution in [2.75, 3.05) is 6.54 Å². The first kappa shape index (κ1) is 14.7. The Morgan fingerprint density at radius 3 is 2.60 bits per heavy atom. The lowest BCUT2D eigenvalue weighted by Gasteiger charge is -2.19. The van der Waals surface area contributed by atoms with Gasteiger partial charge < -0.3 is 5.32 Å². The Hall–Kier alpha value is -1.74. The first-order valence-electron chi connectivity index (χ1n) is 7.25. The first-order chi connectivity index (χ1) is 9.70. The lowest BCUT2D eigenvalue weighted by Crippen LogP contribution is -2.24. The summed E-state index contributed by atoms with van der Waals surface area (Å²) < 4.78 is 0. The molecule has 1 unspecified atom stereocenters. The molecule has 2 aromatic rings. The minimum atomic E-state index is 0.275. The van der Waals surface area contributed by atoms with Gasteiger partial charge in [-0.15, -0.1) is 0 Å². The highest BCUT2D eigenvalue weighted by atomic mass is 14.9. The third-order valence-electron chi connectivity index (χ3n) is 3.55. The minimum Gasteiger partial charge on any atom is -0.310 e. The molecule has 20 heavy (non-hydrogen) atoms. The van der Waals surface area contributed by atoms with Crippen LogP contribution in [0.2, 0.25) is 0 Å². The number of rotatable bonds is 6. The molecule has 3 heteroatoms. The highest BCUT2D eigenvalue weighted by molar-refractivity contribution is 5.32. The van der Waals surface area contributed by atoms with Gasteiger partial charge in [0.25, 0.3) is 0 Å². The average molecular weight is 269 g/mol. The molecule has 1 heterocycles. The molecule has 1 aromatic heterocycles. The normalized spacial score (nSPS) is 12.3. The second-order valence-corrected chi connectivity index (χ2v) is 5.31. The molecule has 0 spiro atoms. The van der Waals surface area contributed by atoms with Crippen LogP contribution >= 0.6 is 0 Å². The van der Waals surface area contributed by atoms with Gasteiger partial charge in [-0.1, -0.05) is 30.7 Å². The van der Waals surface area contributed by atoms with Gasteiger partial charge in [-0.2, -0.15) is 0 Å². The molecule has 2 rings (SSSR count). The fourth-order valence-corrected chi connectivity index (χ4v) is 2.36. The third-order valence-corrected chi connectivity index (χ3v) is 3.55. The molecule has 0 aliphatic rings. The van der Waals surface area contributed by atoms with Gasteiger partial charge >= 0.3 is 0 Å². The van der Waals surface area contributed by atoms with Gasteiger partial charge in [-0.25, -0.2) is 9.97 Å². The van der Waals surface area contributed by atoms with E-state index in [1.165, 1.54) is 16.7 Å². The molecule has 0 aliphatic carbocycles. The zero-order valence-electron chi connectivity index (χ0n) is 12.6. The number of aryl methyl sites for hydroxylation is 2. The largest absolute Gasteiger partial charge is 0.310 e. The number of benzene rings is 1. The molecule has 0 bridgehead atoms. The van der Waals surface area contributed by atoms with E-state index in [2.05, 4.69) is 54.3 Å². The minimum absolute atomic E-state index is 0.275. The van der Waals surface area contributed by atoms with Crippen LogP contribution in [0.1, 0.15) is 41.6 Å². The van der Waals surface area contributed by atoms with Crippen LogP contribution in [-0.4, -0.2) is 16.5 Å². The monoisotopic (exact) mass is 269 g/mol. The number of nitrogens with one attached hydrogen (secondary N) is 1. The third kappa shape index (κ3) is 3.87. The van der Waals surface area contributed by atoms with Crippen molar-refractivity contribution in [1.29, 1.82) is 0 Å². The molecular weight excluding hydrogens is 246 g/mol. The predicted molar refractivity (Wildman–Crippen MR) is 82.7 cm³/mol. The summed E-state index contributed by atoms with van der Waals surface area (Å²) in [5.74, 6) is 0. The molecule has 0 amide bonds. The Labute approximate surface area is 121 Å². The molecule has 1 aromatic carbocycles. The van der Waals surface area contributed by atoms with Gasteiger partial charge in [0.1, 0.15) is 6.33 Å². The molecule has 0 saturated heterocycles. The lowest BCUT2D eigenvalue weighted by atomic mass is 9.96. The zero-order chi connectivity index (χ0) is 14.4. The summed E-state index contributed by atoms with van der Waals surface area (Å²) in [6, 6.07) is 6.92. The van der Waals surface area contributed by atoms with E-state index in [-0.39, 0.29) is 6.04 Å². The van der Waals surface area contributed by atoms with Crippen LogP contribution in [-0.2, 0) is 6.42 Å². The van der Waals surface area contributed by atoms with Crippen LogP contribution in [0.4, 0.5) is 0 Å². The molecule has 1 atom stereocenters. The van der Waals surface area contributed by atoms with Crippen molar-refractivity contribution >= 4 is 0 Å². The van der Waals surface area contributed by atoms with E-state index in [1.807, 2.05) is 12.4 Å². The Balaban J connectivity index is 2.21. The van der Waals surface area contributed by atoms with Gasteiger partial charge in [0.2, 0.25) is 0 Å². The smallest absolute Gasteiger partial charge is 0.115 e. The van der Waals surface area contributed by atoms with E-state index in [0.717, 1.165) is 24.9 Å². The first-order valence-corrected chi connectivity index (χ1v) is 7.25. The van der Waals surface area contributed by atoms with Crippen molar-refractivity contribution < 1.29 is 0 Å². The van der Waals surface area contributed by atoms with E-state index >= 15 is 0 Å². The summed E-state index contributed by atoms with van der Waals surface area (Å²) >= 11 is 0. The fraction of sp³-hybridized carbons (Fsp3) is 0.412. The fourth-order valence-electron chi connectivity index (χ4n) is 2.36. The Morgan fingerprint density at radius 2 is 1.90 bits per heavy atom. The zero-order valence-corrected chi connectivity index (χ0v) is 12.6. The Kier molecular flexibility index (Phi) is 5.24. The Morgan fingerprint density at radius 1 is 1.15 bits per heavy atom. The van der Waals surface area contributed by atoms with Crippen molar-refractivity contribution in [1.82, 2.24) is 15.3 Å². The summed E-state index contributed by atoms with van der Waals surface area (Å²) in [4.78, 5) is 8.29. The van der Waals surface area contributed by atoms with Gasteiger partial charge in [0.05, 0.1) is 0 Å². The van der Waals surface area contributed by atoms with Gasteiger partial charge in [-0.05, 0) is 44.4 Å². The summed E-state index contributed by atoms with van der Waals surface area (Å²) in [6.07, 6.45) is 7.49. The molecule has 106 valence electrons. The lowest BCUT2D eigenvalue weighted by molar-refractivity contribution is 0.525. The van der Waals surface area contributed by atoms with Crippen molar-refractivity contribution in [3.05, 3.63) is 59.2 Å². The highest BCUT2D eigenvalue weighted by Crippen LogP contribution is 2.20. The average Bonchev–Trinajstić information content (AvgIpc) is 2.48. The van der Waals surface area contributed by atoms with Crippen LogP contribution in [0, 0.1) is 13.8 Å². The molecular formula is C17H23N3. The molecule has 1 N–H and O–H groups in total. The SMILES string of the molecule is CCCNC(Cc1cc(C)ccc1C)c1cncnc1. The number of hydrogen-bond acceptors (Lipinski definition) is 3. The topological polar surface area (TPSA) is 37.8 Å². The van der Waals surface area contributed by atoms with Crippen molar-refractivity contribution in [3.63, 3.8) is 0 Å². The quantitative estimate of drug-likeness (QED) is 0.873. The van der Waals surface area contributed by atoms with Crippen molar-refractivity contribution in [2.45, 2.75) is 39.7 Å². The van der Waals surface area contributed by atoms with E-state index in [9.17, 15) is 0 Å². The maximum atomic E-state index is 4.14. The summed E-state index contributed by atoms with van der Waals surface area (Å²) in [6.45, 7) is 7.50. The Bertz CT molecular complexity index is 537. The second kappa shape index (κ2) is 7.15. The number of hydrogen-bond donors (Lipinski definition) is 1. The van der Waals surface area contributed by atoms with Crippen molar-refractivity contribution in [2.24, 2.45) is 0 Å². The van der Waals surface area contributed by atoms with Gasteiger partial charge in [-0.3, -0.25) is 0 Å². The standard InChI is InChI=1S/C17H23N3/c1-4-7-20-17(16-10-18-12-19-11-16)9-15-8-13(2)5-6-14(15)3/h5-6,8,10-12,17,20H,4,7,9H2,1-3H3. The highest BCUT2D eigenvalue weighted by Gasteiger charge is 2.13.